The summed E-state index contributed by atoms with van der Waals surface area (Å²) in [5.74, 6) is 0.439. The summed E-state index contributed by atoms with van der Waals surface area (Å²) in [5, 5.41) is 7.37. The van der Waals surface area contributed by atoms with Crippen LogP contribution in [0.2, 0.25) is 0 Å². The highest BCUT2D eigenvalue weighted by molar-refractivity contribution is 6.02. The fourth-order valence-corrected chi connectivity index (χ4v) is 3.15. The maximum absolute atomic E-state index is 12.6. The van der Waals surface area contributed by atoms with Gasteiger partial charge in [-0.05, 0) is 54.1 Å². The van der Waals surface area contributed by atoms with Gasteiger partial charge in [0.25, 0.3) is 5.91 Å². The van der Waals surface area contributed by atoms with Crippen molar-refractivity contribution < 1.29 is 9.59 Å². The molecule has 2 aromatic carbocycles. The molecule has 1 heterocycles. The normalized spacial score (nSPS) is 10.6. The average Bonchev–Trinajstić information content (AvgIpc) is 2.67. The Hall–Kier alpha value is -3.41. The van der Waals surface area contributed by atoms with Crippen molar-refractivity contribution in [3.63, 3.8) is 0 Å². The van der Waals surface area contributed by atoms with Crippen molar-refractivity contribution in [3.8, 4) is 11.1 Å². The van der Waals surface area contributed by atoms with Crippen LogP contribution in [-0.2, 0) is 0 Å². The molecule has 0 aliphatic heterocycles. The fourth-order valence-electron chi connectivity index (χ4n) is 3.15. The van der Waals surface area contributed by atoms with Crippen LogP contribution in [-0.4, -0.2) is 42.5 Å². The van der Waals surface area contributed by atoms with Gasteiger partial charge in [0, 0.05) is 37.8 Å². The van der Waals surface area contributed by atoms with Crippen molar-refractivity contribution in [3.05, 3.63) is 59.8 Å². The Morgan fingerprint density at radius 2 is 1.86 bits per heavy atom. The van der Waals surface area contributed by atoms with E-state index in [1.807, 2.05) is 50.2 Å². The molecule has 0 aliphatic rings. The molecule has 0 aliphatic carbocycles. The lowest BCUT2D eigenvalue weighted by atomic mass is 9.94. The molecule has 3 aromatic rings. The Morgan fingerprint density at radius 3 is 2.57 bits per heavy atom. The van der Waals surface area contributed by atoms with Gasteiger partial charge in [-0.2, -0.15) is 0 Å². The molecular formula is C22H24N4O2. The highest BCUT2D eigenvalue weighted by Crippen LogP contribution is 2.30. The molecule has 0 bridgehead atoms. The van der Waals surface area contributed by atoms with Crippen LogP contribution in [0.15, 0.2) is 48.7 Å². The van der Waals surface area contributed by atoms with Gasteiger partial charge in [0.1, 0.15) is 5.82 Å². The molecule has 0 atom stereocenters. The summed E-state index contributed by atoms with van der Waals surface area (Å²) in [5.41, 5.74) is 3.53. The third-order valence-corrected chi connectivity index (χ3v) is 4.50. The predicted molar refractivity (Wildman–Crippen MR) is 113 cm³/mol. The molecule has 144 valence electrons. The van der Waals surface area contributed by atoms with Gasteiger partial charge < -0.3 is 10.2 Å². The van der Waals surface area contributed by atoms with Crippen molar-refractivity contribution in [1.29, 1.82) is 0 Å². The summed E-state index contributed by atoms with van der Waals surface area (Å²) in [6.07, 6.45) is 1.76. The summed E-state index contributed by atoms with van der Waals surface area (Å²) in [6, 6.07) is 13.2. The van der Waals surface area contributed by atoms with E-state index in [2.05, 4.69) is 21.7 Å². The first-order valence-corrected chi connectivity index (χ1v) is 9.17. The number of fused-ring (bicyclic) bond motifs is 1. The number of anilines is 1. The topological polar surface area (TPSA) is 74.3 Å². The van der Waals surface area contributed by atoms with Gasteiger partial charge in [-0.3, -0.25) is 10.1 Å². The van der Waals surface area contributed by atoms with Gasteiger partial charge in [-0.1, -0.05) is 24.3 Å². The number of benzene rings is 2. The highest BCUT2D eigenvalue weighted by Gasteiger charge is 2.15. The Bertz CT molecular complexity index is 1040. The molecular weight excluding hydrogens is 352 g/mol. The van der Waals surface area contributed by atoms with E-state index in [0.29, 0.717) is 17.9 Å². The lowest BCUT2D eigenvalue weighted by Gasteiger charge is -2.15. The molecule has 0 unspecified atom stereocenters. The maximum Gasteiger partial charge on any atom is 0.320 e. The molecule has 28 heavy (non-hydrogen) atoms. The first kappa shape index (κ1) is 19.4. The van der Waals surface area contributed by atoms with E-state index in [9.17, 15) is 9.59 Å². The van der Waals surface area contributed by atoms with E-state index in [1.165, 1.54) is 0 Å². The van der Waals surface area contributed by atoms with E-state index in [0.717, 1.165) is 27.5 Å². The Morgan fingerprint density at radius 1 is 1.11 bits per heavy atom. The number of rotatable bonds is 4. The summed E-state index contributed by atoms with van der Waals surface area (Å²) in [7, 11) is 3.49. The molecule has 0 fully saturated rings. The number of hydrogen-bond donors (Lipinski definition) is 2. The smallest absolute Gasteiger partial charge is 0.320 e. The van der Waals surface area contributed by atoms with Gasteiger partial charge in [-0.15, -0.1) is 0 Å². The second-order valence-corrected chi connectivity index (χ2v) is 6.81. The van der Waals surface area contributed by atoms with Crippen LogP contribution >= 0.6 is 0 Å². The highest BCUT2D eigenvalue weighted by atomic mass is 16.2. The van der Waals surface area contributed by atoms with E-state index in [1.54, 1.807) is 25.2 Å². The van der Waals surface area contributed by atoms with Gasteiger partial charge >= 0.3 is 6.03 Å². The molecule has 2 N–H and O–H groups in total. The zero-order valence-corrected chi connectivity index (χ0v) is 16.5. The van der Waals surface area contributed by atoms with Gasteiger partial charge in [-0.25, -0.2) is 9.78 Å². The molecule has 0 spiro atoms. The predicted octanol–water partition coefficient (Wildman–Crippen LogP) is 4.05. The van der Waals surface area contributed by atoms with E-state index < -0.39 is 0 Å². The summed E-state index contributed by atoms with van der Waals surface area (Å²) in [4.78, 5) is 30.3. The summed E-state index contributed by atoms with van der Waals surface area (Å²) >= 11 is 0. The molecule has 1 aromatic heterocycles. The zero-order chi connectivity index (χ0) is 20.3. The largest absolute Gasteiger partial charge is 0.345 e. The number of amides is 3. The standard InChI is InChI=1S/C22H24N4O2/c1-5-23-22(28)25-20-12-16-11-15(10-14(2)19(16)13-24-20)17-8-6-7-9-18(17)21(27)26(3)4/h6-13H,5H2,1-4H3,(H2,23,24,25,28). The molecule has 0 radical (unpaired) electrons. The zero-order valence-electron chi connectivity index (χ0n) is 16.5. The minimum atomic E-state index is -0.288. The SMILES string of the molecule is CCNC(=O)Nc1cc2cc(-c3ccccc3C(=O)N(C)C)cc(C)c2cn1. The molecule has 6 heteroatoms. The lowest BCUT2D eigenvalue weighted by molar-refractivity contribution is 0.0828. The minimum absolute atomic E-state index is 0.0401. The molecule has 3 rings (SSSR count). The first-order chi connectivity index (χ1) is 13.4. The van der Waals surface area contributed by atoms with Crippen LogP contribution in [0.25, 0.3) is 21.9 Å². The van der Waals surface area contributed by atoms with Crippen molar-refractivity contribution >= 4 is 28.5 Å². The Balaban J connectivity index is 2.08. The molecule has 6 nitrogen and oxygen atoms in total. The first-order valence-electron chi connectivity index (χ1n) is 9.17. The maximum atomic E-state index is 12.6. The van der Waals surface area contributed by atoms with Crippen molar-refractivity contribution in [2.24, 2.45) is 0 Å². The molecule has 0 saturated carbocycles. The molecule has 3 amide bonds. The van der Waals surface area contributed by atoms with E-state index in [4.69, 9.17) is 0 Å². The van der Waals surface area contributed by atoms with Crippen LogP contribution in [0.4, 0.5) is 10.6 Å². The second kappa shape index (κ2) is 8.08. The van der Waals surface area contributed by atoms with Gasteiger partial charge in [0.2, 0.25) is 0 Å². The average molecular weight is 376 g/mol. The number of nitrogens with one attached hydrogen (secondary N) is 2. The van der Waals surface area contributed by atoms with Crippen LogP contribution in [0, 0.1) is 6.92 Å². The van der Waals surface area contributed by atoms with Crippen LogP contribution in [0.1, 0.15) is 22.8 Å². The van der Waals surface area contributed by atoms with Gasteiger partial charge in [0.05, 0.1) is 0 Å². The number of urea groups is 1. The van der Waals surface area contributed by atoms with E-state index >= 15 is 0 Å². The second-order valence-electron chi connectivity index (χ2n) is 6.81. The molecule has 0 saturated heterocycles. The number of carbonyl (C=O) groups is 2. The quantitative estimate of drug-likeness (QED) is 0.721. The monoisotopic (exact) mass is 376 g/mol. The third kappa shape index (κ3) is 3.96. The van der Waals surface area contributed by atoms with Crippen LogP contribution in [0.3, 0.4) is 0 Å². The third-order valence-electron chi connectivity index (χ3n) is 4.50. The van der Waals surface area contributed by atoms with Crippen molar-refractivity contribution in [2.75, 3.05) is 26.0 Å². The van der Waals surface area contributed by atoms with Crippen molar-refractivity contribution in [1.82, 2.24) is 15.2 Å². The number of hydrogen-bond acceptors (Lipinski definition) is 3. The summed E-state index contributed by atoms with van der Waals surface area (Å²) < 4.78 is 0. The number of aryl methyl sites for hydroxylation is 1. The van der Waals surface area contributed by atoms with E-state index in [-0.39, 0.29) is 11.9 Å². The lowest BCUT2D eigenvalue weighted by Crippen LogP contribution is -2.28. The van der Waals surface area contributed by atoms with Gasteiger partial charge in [0.15, 0.2) is 0 Å². The minimum Gasteiger partial charge on any atom is -0.345 e. The Labute approximate surface area is 164 Å². The number of nitrogens with zero attached hydrogens (tertiary/aromatic N) is 2. The van der Waals surface area contributed by atoms with Crippen LogP contribution in [0.5, 0.6) is 0 Å². The summed E-state index contributed by atoms with van der Waals surface area (Å²) in [6.45, 7) is 4.41. The van der Waals surface area contributed by atoms with Crippen molar-refractivity contribution in [2.45, 2.75) is 13.8 Å². The van der Waals surface area contributed by atoms with Crippen LogP contribution < -0.4 is 10.6 Å². The fraction of sp³-hybridized carbons (Fsp3) is 0.227. The number of pyridine rings is 1. The Kier molecular flexibility index (Phi) is 5.59. The number of aromatic nitrogens is 1. The number of carbonyl (C=O) groups excluding carboxylic acids is 2.